The third kappa shape index (κ3) is 4.20. The minimum absolute atomic E-state index is 0.0330. The van der Waals surface area contributed by atoms with E-state index in [-0.39, 0.29) is 17.8 Å². The van der Waals surface area contributed by atoms with Gasteiger partial charge in [0.15, 0.2) is 9.84 Å². The normalized spacial score (nSPS) is 18.4. The molecule has 0 unspecified atom stereocenters. The smallest absolute Gasteiger partial charge is 0.317 e. The molecule has 1 atom stereocenters. The predicted octanol–water partition coefficient (Wildman–Crippen LogP) is 1.28. The number of rotatable bonds is 6. The second-order valence-electron chi connectivity index (χ2n) is 5.31. The van der Waals surface area contributed by atoms with E-state index in [2.05, 4.69) is 5.32 Å². The van der Waals surface area contributed by atoms with E-state index < -0.39 is 9.84 Å². The number of carbonyl (C=O) groups excluding carboxylic acids is 1. The first-order valence-electron chi connectivity index (χ1n) is 7.36. The number of carbonyl (C=O) groups is 1. The average molecular weight is 326 g/mol. The van der Waals surface area contributed by atoms with Crippen LogP contribution in [0, 0.1) is 0 Å². The summed E-state index contributed by atoms with van der Waals surface area (Å²) >= 11 is 0. The molecule has 0 spiro atoms. The second kappa shape index (κ2) is 7.60. The summed E-state index contributed by atoms with van der Waals surface area (Å²) in [5.41, 5.74) is 0. The Kier molecular flexibility index (Phi) is 5.79. The predicted molar refractivity (Wildman–Crippen MR) is 83.5 cm³/mol. The van der Waals surface area contributed by atoms with Crippen LogP contribution in [-0.4, -0.2) is 57.9 Å². The van der Waals surface area contributed by atoms with Crippen molar-refractivity contribution in [2.24, 2.45) is 0 Å². The van der Waals surface area contributed by atoms with Gasteiger partial charge in [-0.1, -0.05) is 18.2 Å². The van der Waals surface area contributed by atoms with Gasteiger partial charge in [0, 0.05) is 26.2 Å². The molecule has 0 aromatic heterocycles. The Morgan fingerprint density at radius 3 is 2.77 bits per heavy atom. The highest BCUT2D eigenvalue weighted by Gasteiger charge is 2.32. The molecule has 1 saturated heterocycles. The maximum Gasteiger partial charge on any atom is 0.317 e. The van der Waals surface area contributed by atoms with Gasteiger partial charge >= 0.3 is 6.03 Å². The summed E-state index contributed by atoms with van der Waals surface area (Å²) in [5, 5.41) is 2.75. The number of nitrogens with one attached hydrogen (secondary N) is 1. The maximum absolute atomic E-state index is 12.4. The van der Waals surface area contributed by atoms with Crippen LogP contribution in [0.2, 0.25) is 0 Å². The van der Waals surface area contributed by atoms with E-state index in [0.29, 0.717) is 31.0 Å². The van der Waals surface area contributed by atoms with Crippen LogP contribution in [0.4, 0.5) is 4.79 Å². The van der Waals surface area contributed by atoms with Crippen molar-refractivity contribution >= 4 is 15.9 Å². The van der Waals surface area contributed by atoms with Crippen molar-refractivity contribution in [1.29, 1.82) is 0 Å². The molecule has 1 aromatic rings. The van der Waals surface area contributed by atoms with Gasteiger partial charge in [0.25, 0.3) is 0 Å². The number of methoxy groups -OCH3 is 1. The number of likely N-dealkylation sites (tertiary alicyclic amines) is 1. The van der Waals surface area contributed by atoms with Crippen molar-refractivity contribution in [3.05, 3.63) is 30.3 Å². The monoisotopic (exact) mass is 326 g/mol. The maximum atomic E-state index is 12.4. The minimum atomic E-state index is -3.38. The van der Waals surface area contributed by atoms with Crippen molar-refractivity contribution in [3.8, 4) is 0 Å². The van der Waals surface area contributed by atoms with E-state index in [1.807, 2.05) is 0 Å². The number of urea groups is 1. The van der Waals surface area contributed by atoms with E-state index in [4.69, 9.17) is 4.74 Å². The Morgan fingerprint density at radius 2 is 2.09 bits per heavy atom. The van der Waals surface area contributed by atoms with E-state index in [1.165, 1.54) is 0 Å². The Morgan fingerprint density at radius 1 is 1.36 bits per heavy atom. The lowest BCUT2D eigenvalue weighted by atomic mass is 10.2. The minimum Gasteiger partial charge on any atom is -0.383 e. The summed E-state index contributed by atoms with van der Waals surface area (Å²) in [6.07, 6.45) is 1.54. The number of amides is 2. The number of hydrogen-bond acceptors (Lipinski definition) is 4. The van der Waals surface area contributed by atoms with Gasteiger partial charge in [-0.25, -0.2) is 13.2 Å². The Bertz CT molecular complexity index is 589. The Hall–Kier alpha value is -1.60. The van der Waals surface area contributed by atoms with Crippen molar-refractivity contribution in [2.75, 3.05) is 32.6 Å². The summed E-state index contributed by atoms with van der Waals surface area (Å²) in [4.78, 5) is 14.0. The first kappa shape index (κ1) is 16.8. The quantitative estimate of drug-likeness (QED) is 0.799. The third-order valence-electron chi connectivity index (χ3n) is 3.73. The molecule has 0 radical (unpaired) electrons. The molecule has 1 heterocycles. The molecule has 1 fully saturated rings. The Labute approximate surface area is 131 Å². The van der Waals surface area contributed by atoms with Gasteiger partial charge in [0.1, 0.15) is 0 Å². The number of nitrogens with zero attached hydrogens (tertiary/aromatic N) is 1. The van der Waals surface area contributed by atoms with Crippen LogP contribution in [-0.2, 0) is 14.6 Å². The fourth-order valence-electron chi connectivity index (χ4n) is 2.62. The van der Waals surface area contributed by atoms with Crippen LogP contribution in [0.25, 0.3) is 0 Å². The molecule has 1 aliphatic rings. The van der Waals surface area contributed by atoms with Crippen LogP contribution in [0.1, 0.15) is 12.8 Å². The van der Waals surface area contributed by atoms with Gasteiger partial charge in [-0.2, -0.15) is 0 Å². The molecule has 2 amide bonds. The van der Waals surface area contributed by atoms with Gasteiger partial charge < -0.3 is 15.0 Å². The Balaban J connectivity index is 2.00. The van der Waals surface area contributed by atoms with Crippen LogP contribution < -0.4 is 5.32 Å². The zero-order valence-corrected chi connectivity index (χ0v) is 13.5. The lowest BCUT2D eigenvalue weighted by molar-refractivity contribution is 0.178. The molecule has 22 heavy (non-hydrogen) atoms. The summed E-state index contributed by atoms with van der Waals surface area (Å²) in [7, 11) is -1.81. The number of benzene rings is 1. The molecular weight excluding hydrogens is 304 g/mol. The number of sulfone groups is 1. The standard InChI is InChI=1S/C15H22N2O4S/c1-21-11-9-16-15(18)17-10-5-6-13(17)12-22(19,20)14-7-3-2-4-8-14/h2-4,7-8,13H,5-6,9-12H2,1H3,(H,16,18)/t13-/m1/s1. The van der Waals surface area contributed by atoms with Gasteiger partial charge in [0.05, 0.1) is 17.3 Å². The zero-order valence-electron chi connectivity index (χ0n) is 12.7. The van der Waals surface area contributed by atoms with Crippen LogP contribution in [0.3, 0.4) is 0 Å². The largest absolute Gasteiger partial charge is 0.383 e. The highest BCUT2D eigenvalue weighted by atomic mass is 32.2. The fourth-order valence-corrected chi connectivity index (χ4v) is 4.23. The van der Waals surface area contributed by atoms with Gasteiger partial charge in [-0.15, -0.1) is 0 Å². The van der Waals surface area contributed by atoms with Crippen LogP contribution >= 0.6 is 0 Å². The summed E-state index contributed by atoms with van der Waals surface area (Å²) in [6, 6.07) is 7.88. The van der Waals surface area contributed by atoms with Crippen molar-refractivity contribution in [2.45, 2.75) is 23.8 Å². The lowest BCUT2D eigenvalue weighted by Crippen LogP contribution is -2.46. The summed E-state index contributed by atoms with van der Waals surface area (Å²) < 4.78 is 29.8. The molecule has 2 rings (SSSR count). The highest BCUT2D eigenvalue weighted by molar-refractivity contribution is 7.91. The topological polar surface area (TPSA) is 75.7 Å². The van der Waals surface area contributed by atoms with Crippen molar-refractivity contribution in [1.82, 2.24) is 10.2 Å². The second-order valence-corrected chi connectivity index (χ2v) is 7.34. The first-order chi connectivity index (χ1) is 10.5. The SMILES string of the molecule is COCCNC(=O)N1CCC[C@@H]1CS(=O)(=O)c1ccccc1. The van der Waals surface area contributed by atoms with Crippen LogP contribution in [0.5, 0.6) is 0 Å². The molecule has 7 heteroatoms. The average Bonchev–Trinajstić information content (AvgIpc) is 2.96. The first-order valence-corrected chi connectivity index (χ1v) is 9.01. The molecule has 6 nitrogen and oxygen atoms in total. The molecule has 1 N–H and O–H groups in total. The molecular formula is C15H22N2O4S. The molecule has 0 aliphatic carbocycles. The zero-order chi connectivity index (χ0) is 16.0. The highest BCUT2D eigenvalue weighted by Crippen LogP contribution is 2.22. The molecule has 1 aromatic carbocycles. The van der Waals surface area contributed by atoms with E-state index in [1.54, 1.807) is 42.3 Å². The van der Waals surface area contributed by atoms with Crippen molar-refractivity contribution < 1.29 is 17.9 Å². The van der Waals surface area contributed by atoms with Gasteiger partial charge in [-0.05, 0) is 25.0 Å². The van der Waals surface area contributed by atoms with E-state index in [0.717, 1.165) is 6.42 Å². The third-order valence-corrected chi connectivity index (χ3v) is 5.55. The van der Waals surface area contributed by atoms with Gasteiger partial charge in [0.2, 0.25) is 0 Å². The number of hydrogen-bond donors (Lipinski definition) is 1. The van der Waals surface area contributed by atoms with Crippen molar-refractivity contribution in [3.63, 3.8) is 0 Å². The number of ether oxygens (including phenoxy) is 1. The van der Waals surface area contributed by atoms with Crippen LogP contribution in [0.15, 0.2) is 35.2 Å². The molecule has 0 bridgehead atoms. The van der Waals surface area contributed by atoms with Gasteiger partial charge in [-0.3, -0.25) is 0 Å². The molecule has 1 aliphatic heterocycles. The molecule has 122 valence electrons. The fraction of sp³-hybridized carbons (Fsp3) is 0.533. The molecule has 0 saturated carbocycles. The van der Waals surface area contributed by atoms with E-state index >= 15 is 0 Å². The summed E-state index contributed by atoms with van der Waals surface area (Å²) in [5.74, 6) is -0.0330. The van der Waals surface area contributed by atoms with E-state index in [9.17, 15) is 13.2 Å². The lowest BCUT2D eigenvalue weighted by Gasteiger charge is -2.24. The summed E-state index contributed by atoms with van der Waals surface area (Å²) in [6.45, 7) is 1.45.